The highest BCUT2D eigenvalue weighted by molar-refractivity contribution is 5.95. The largest absolute Gasteiger partial charge is 0.427 e. The second-order valence-corrected chi connectivity index (χ2v) is 9.17. The first kappa shape index (κ1) is 22.8. The topological polar surface area (TPSA) is 87.2 Å². The summed E-state index contributed by atoms with van der Waals surface area (Å²) in [6.45, 7) is 9.66. The van der Waals surface area contributed by atoms with Gasteiger partial charge < -0.3 is 19.4 Å². The molecule has 1 unspecified atom stereocenters. The molecule has 2 saturated heterocycles. The van der Waals surface area contributed by atoms with Crippen molar-refractivity contribution in [2.24, 2.45) is 5.92 Å². The van der Waals surface area contributed by atoms with Crippen LogP contribution in [0.15, 0.2) is 24.3 Å². The van der Waals surface area contributed by atoms with Crippen LogP contribution in [0, 0.1) is 5.92 Å². The average molecular weight is 430 g/mol. The molecular formula is C23H31N3O5. The van der Waals surface area contributed by atoms with Gasteiger partial charge in [-0.1, -0.05) is 6.07 Å². The van der Waals surface area contributed by atoms with Gasteiger partial charge in [0.25, 0.3) is 5.91 Å². The Kier molecular flexibility index (Phi) is 6.67. The Morgan fingerprint density at radius 3 is 2.35 bits per heavy atom. The first-order valence-electron chi connectivity index (χ1n) is 10.7. The number of benzene rings is 1. The maximum Gasteiger partial charge on any atom is 0.308 e. The van der Waals surface area contributed by atoms with Gasteiger partial charge in [-0.05, 0) is 45.4 Å². The average Bonchev–Trinajstić information content (AvgIpc) is 2.93. The van der Waals surface area contributed by atoms with Crippen molar-refractivity contribution >= 4 is 23.7 Å². The molecule has 3 rings (SSSR count). The smallest absolute Gasteiger partial charge is 0.308 e. The van der Waals surface area contributed by atoms with E-state index in [4.69, 9.17) is 4.74 Å². The molecule has 2 heterocycles. The fraction of sp³-hybridized carbons (Fsp3) is 0.565. The van der Waals surface area contributed by atoms with E-state index in [1.807, 2.05) is 20.8 Å². The monoisotopic (exact) mass is 429 g/mol. The molecule has 1 aromatic carbocycles. The Balaban J connectivity index is 1.62. The van der Waals surface area contributed by atoms with Crippen molar-refractivity contribution in [3.05, 3.63) is 29.8 Å². The molecule has 2 aliphatic rings. The Morgan fingerprint density at radius 2 is 1.71 bits per heavy atom. The highest BCUT2D eigenvalue weighted by Crippen LogP contribution is 2.27. The molecule has 8 nitrogen and oxygen atoms in total. The van der Waals surface area contributed by atoms with Crippen LogP contribution in [0.1, 0.15) is 50.9 Å². The minimum atomic E-state index is -0.441. The van der Waals surface area contributed by atoms with Gasteiger partial charge in [-0.2, -0.15) is 0 Å². The fourth-order valence-corrected chi connectivity index (χ4v) is 4.16. The molecule has 0 saturated carbocycles. The third-order valence-corrected chi connectivity index (χ3v) is 5.72. The molecule has 2 fully saturated rings. The van der Waals surface area contributed by atoms with Crippen molar-refractivity contribution in [1.29, 1.82) is 0 Å². The summed E-state index contributed by atoms with van der Waals surface area (Å²) < 4.78 is 5.07. The van der Waals surface area contributed by atoms with Gasteiger partial charge >= 0.3 is 5.97 Å². The molecule has 0 aromatic heterocycles. The molecule has 1 atom stereocenters. The summed E-state index contributed by atoms with van der Waals surface area (Å²) in [5, 5.41) is 0. The molecule has 0 radical (unpaired) electrons. The predicted octanol–water partition coefficient (Wildman–Crippen LogP) is 1.93. The van der Waals surface area contributed by atoms with Crippen molar-refractivity contribution in [3.63, 3.8) is 0 Å². The van der Waals surface area contributed by atoms with Gasteiger partial charge in [0.1, 0.15) is 5.75 Å². The van der Waals surface area contributed by atoms with Crippen LogP contribution >= 0.6 is 0 Å². The molecule has 0 spiro atoms. The lowest BCUT2D eigenvalue weighted by molar-refractivity contribution is -0.135. The summed E-state index contributed by atoms with van der Waals surface area (Å²) in [5.74, 6) is -0.577. The van der Waals surface area contributed by atoms with Crippen LogP contribution in [0.2, 0.25) is 0 Å². The van der Waals surface area contributed by atoms with Crippen molar-refractivity contribution in [2.45, 2.75) is 46.1 Å². The molecule has 168 valence electrons. The Bertz CT molecular complexity index is 876. The Labute approximate surface area is 183 Å². The lowest BCUT2D eigenvalue weighted by atomic mass is 10.1. The summed E-state index contributed by atoms with van der Waals surface area (Å²) in [4.78, 5) is 54.8. The van der Waals surface area contributed by atoms with Crippen LogP contribution in [0.4, 0.5) is 0 Å². The van der Waals surface area contributed by atoms with Crippen LogP contribution < -0.4 is 4.74 Å². The number of hydrogen-bond acceptors (Lipinski definition) is 5. The predicted molar refractivity (Wildman–Crippen MR) is 114 cm³/mol. The van der Waals surface area contributed by atoms with E-state index >= 15 is 0 Å². The van der Waals surface area contributed by atoms with Gasteiger partial charge in [0.05, 0.1) is 5.92 Å². The summed E-state index contributed by atoms with van der Waals surface area (Å²) in [7, 11) is 0. The number of carbonyl (C=O) groups is 4. The van der Waals surface area contributed by atoms with Gasteiger partial charge in [0, 0.05) is 57.2 Å². The van der Waals surface area contributed by atoms with Gasteiger partial charge in [-0.15, -0.1) is 0 Å². The second kappa shape index (κ2) is 9.08. The summed E-state index contributed by atoms with van der Waals surface area (Å²) >= 11 is 0. The Morgan fingerprint density at radius 1 is 1.03 bits per heavy atom. The molecule has 2 aliphatic heterocycles. The van der Waals surface area contributed by atoms with Crippen LogP contribution in [-0.2, 0) is 14.4 Å². The molecule has 0 N–H and O–H groups in total. The number of rotatable bonds is 3. The van der Waals surface area contributed by atoms with Crippen molar-refractivity contribution in [2.75, 3.05) is 32.7 Å². The number of esters is 1. The standard InChI is InChI=1S/C23H31N3O5/c1-16(27)31-19-8-5-7-17(13-19)21(29)24-9-6-10-25(12-11-24)22(30)18-14-20(28)26(15-18)23(2,3)4/h5,7-8,13,18H,6,9-12,14-15H2,1-4H3. The van der Waals surface area contributed by atoms with E-state index in [0.29, 0.717) is 50.5 Å². The van der Waals surface area contributed by atoms with E-state index in [9.17, 15) is 19.2 Å². The van der Waals surface area contributed by atoms with Crippen LogP contribution in [0.25, 0.3) is 0 Å². The quantitative estimate of drug-likeness (QED) is 0.541. The van der Waals surface area contributed by atoms with E-state index in [1.165, 1.54) is 6.92 Å². The fourth-order valence-electron chi connectivity index (χ4n) is 4.16. The zero-order chi connectivity index (χ0) is 22.8. The minimum absolute atomic E-state index is 0.00810. The minimum Gasteiger partial charge on any atom is -0.427 e. The van der Waals surface area contributed by atoms with Crippen LogP contribution in [0.5, 0.6) is 5.75 Å². The van der Waals surface area contributed by atoms with E-state index in [0.717, 1.165) is 0 Å². The number of carbonyl (C=O) groups excluding carboxylic acids is 4. The number of likely N-dealkylation sites (tertiary alicyclic amines) is 1. The maximum absolute atomic E-state index is 13.1. The van der Waals surface area contributed by atoms with Crippen molar-refractivity contribution < 1.29 is 23.9 Å². The molecule has 31 heavy (non-hydrogen) atoms. The Hall–Kier alpha value is -2.90. The van der Waals surface area contributed by atoms with E-state index in [1.54, 1.807) is 39.0 Å². The molecule has 0 bridgehead atoms. The van der Waals surface area contributed by atoms with Gasteiger partial charge in [0.2, 0.25) is 11.8 Å². The zero-order valence-corrected chi connectivity index (χ0v) is 18.7. The van der Waals surface area contributed by atoms with Crippen molar-refractivity contribution in [1.82, 2.24) is 14.7 Å². The normalized spacial score (nSPS) is 19.9. The molecule has 0 aliphatic carbocycles. The lowest BCUT2D eigenvalue weighted by Crippen LogP contribution is -2.44. The first-order chi connectivity index (χ1) is 14.6. The lowest BCUT2D eigenvalue weighted by Gasteiger charge is -2.32. The van der Waals surface area contributed by atoms with Crippen molar-refractivity contribution in [3.8, 4) is 5.75 Å². The van der Waals surface area contributed by atoms with Gasteiger partial charge in [-0.3, -0.25) is 19.2 Å². The highest BCUT2D eigenvalue weighted by atomic mass is 16.5. The number of ether oxygens (including phenoxy) is 1. The zero-order valence-electron chi connectivity index (χ0n) is 18.7. The summed E-state index contributed by atoms with van der Waals surface area (Å²) in [6.07, 6.45) is 0.920. The van der Waals surface area contributed by atoms with Gasteiger partial charge in [-0.25, -0.2) is 0 Å². The molecule has 8 heteroatoms. The first-order valence-corrected chi connectivity index (χ1v) is 10.7. The van der Waals surface area contributed by atoms with Gasteiger partial charge in [0.15, 0.2) is 0 Å². The SMILES string of the molecule is CC(=O)Oc1cccc(C(=O)N2CCCN(C(=O)C3CC(=O)N(C(C)(C)C)C3)CC2)c1. The van der Waals surface area contributed by atoms with E-state index in [-0.39, 0.29) is 35.6 Å². The third-order valence-electron chi connectivity index (χ3n) is 5.72. The maximum atomic E-state index is 13.1. The third kappa shape index (κ3) is 5.42. The van der Waals surface area contributed by atoms with E-state index in [2.05, 4.69) is 0 Å². The molecule has 1 aromatic rings. The number of nitrogens with zero attached hydrogens (tertiary/aromatic N) is 3. The molecule has 3 amide bonds. The van der Waals surface area contributed by atoms with Crippen LogP contribution in [-0.4, -0.2) is 76.7 Å². The van der Waals surface area contributed by atoms with E-state index < -0.39 is 5.97 Å². The number of hydrogen-bond donors (Lipinski definition) is 0. The summed E-state index contributed by atoms with van der Waals surface area (Å²) in [6, 6.07) is 6.55. The summed E-state index contributed by atoms with van der Waals surface area (Å²) in [5.41, 5.74) is 0.148. The molecular weight excluding hydrogens is 398 g/mol. The van der Waals surface area contributed by atoms with Crippen LogP contribution in [0.3, 0.4) is 0 Å². The highest BCUT2D eigenvalue weighted by Gasteiger charge is 2.41. The number of amides is 3. The second-order valence-electron chi connectivity index (χ2n) is 9.17.